The topological polar surface area (TPSA) is 90.3 Å². The van der Waals surface area contributed by atoms with Gasteiger partial charge in [0.05, 0.1) is 7.11 Å². The van der Waals surface area contributed by atoms with Crippen LogP contribution in [0.1, 0.15) is 22.3 Å². The van der Waals surface area contributed by atoms with Gasteiger partial charge in [0.25, 0.3) is 0 Å². The third kappa shape index (κ3) is 4.66. The zero-order valence-electron chi connectivity index (χ0n) is 17.4. The van der Waals surface area contributed by atoms with Gasteiger partial charge in [-0.05, 0) is 47.4 Å². The van der Waals surface area contributed by atoms with E-state index in [-0.39, 0.29) is 6.03 Å². The van der Waals surface area contributed by atoms with Crippen molar-refractivity contribution in [2.45, 2.75) is 19.5 Å². The summed E-state index contributed by atoms with van der Waals surface area (Å²) < 4.78 is 5.19. The molecular formula is C24H25N5O2. The number of nitrogens with zero attached hydrogens (tertiary/aromatic N) is 2. The molecule has 1 aliphatic rings. The Hall–Kier alpha value is -3.87. The molecule has 158 valence electrons. The molecular weight excluding hydrogens is 390 g/mol. The maximum atomic E-state index is 12.6. The Labute approximate surface area is 181 Å². The lowest BCUT2D eigenvalue weighted by Gasteiger charge is -2.30. The van der Waals surface area contributed by atoms with E-state index in [2.05, 4.69) is 15.6 Å². The molecule has 0 fully saturated rings. The minimum atomic E-state index is -0.130. The van der Waals surface area contributed by atoms with Crippen LogP contribution in [0.25, 0.3) is 0 Å². The van der Waals surface area contributed by atoms with Crippen LogP contribution in [0, 0.1) is 5.41 Å². The summed E-state index contributed by atoms with van der Waals surface area (Å²) in [5.41, 5.74) is 4.71. The predicted octanol–water partition coefficient (Wildman–Crippen LogP) is 4.29. The smallest absolute Gasteiger partial charge is 0.322 e. The molecule has 3 N–H and O–H groups in total. The molecule has 1 aliphatic heterocycles. The van der Waals surface area contributed by atoms with Crippen molar-refractivity contribution in [1.82, 2.24) is 9.88 Å². The lowest BCUT2D eigenvalue weighted by molar-refractivity contribution is 0.206. The molecule has 1 aromatic heterocycles. The van der Waals surface area contributed by atoms with Crippen molar-refractivity contribution in [3.8, 4) is 5.75 Å². The quantitative estimate of drug-likeness (QED) is 0.524. The van der Waals surface area contributed by atoms with Gasteiger partial charge in [0.2, 0.25) is 0 Å². The number of ether oxygens (including phenoxy) is 1. The molecule has 0 bridgehead atoms. The van der Waals surface area contributed by atoms with Crippen molar-refractivity contribution in [3.63, 3.8) is 0 Å². The van der Waals surface area contributed by atoms with Crippen LogP contribution in [0.2, 0.25) is 0 Å². The first-order valence-corrected chi connectivity index (χ1v) is 10.2. The number of amides is 2. The van der Waals surface area contributed by atoms with Crippen LogP contribution in [-0.4, -0.2) is 35.8 Å². The van der Waals surface area contributed by atoms with Gasteiger partial charge < -0.3 is 25.7 Å². The molecule has 31 heavy (non-hydrogen) atoms. The van der Waals surface area contributed by atoms with E-state index in [4.69, 9.17) is 10.1 Å². The maximum absolute atomic E-state index is 12.6. The molecule has 2 amide bonds. The van der Waals surface area contributed by atoms with Crippen LogP contribution >= 0.6 is 0 Å². The molecule has 3 aromatic rings. The number of fused-ring (bicyclic) bond motifs is 1. The van der Waals surface area contributed by atoms with Crippen LogP contribution in [0.3, 0.4) is 0 Å². The zero-order chi connectivity index (χ0) is 21.6. The monoisotopic (exact) mass is 415 g/mol. The number of benzene rings is 2. The molecule has 0 aliphatic carbocycles. The maximum Gasteiger partial charge on any atom is 0.322 e. The van der Waals surface area contributed by atoms with Gasteiger partial charge in [0, 0.05) is 43.3 Å². The van der Waals surface area contributed by atoms with E-state index < -0.39 is 0 Å². The van der Waals surface area contributed by atoms with Gasteiger partial charge in [0.1, 0.15) is 11.6 Å². The van der Waals surface area contributed by atoms with Gasteiger partial charge >= 0.3 is 6.03 Å². The second-order valence-corrected chi connectivity index (χ2v) is 7.34. The second-order valence-electron chi connectivity index (χ2n) is 7.34. The second kappa shape index (κ2) is 9.30. The molecule has 2 aromatic carbocycles. The highest BCUT2D eigenvalue weighted by Crippen LogP contribution is 2.26. The van der Waals surface area contributed by atoms with Crippen molar-refractivity contribution < 1.29 is 9.53 Å². The molecule has 0 unspecified atom stereocenters. The number of hydrogen-bond donors (Lipinski definition) is 3. The van der Waals surface area contributed by atoms with Crippen LogP contribution in [0.4, 0.5) is 16.3 Å². The standard InChI is InChI=1S/C24H25N5O2/c1-31-20-9-7-17(8-10-20)14-26-23-22(13-25)21-11-12-29(16-18(21)15-27-23)24(30)28-19-5-3-2-4-6-19/h2-10,13,15,25H,11-12,14,16H2,1H3,(H,26,27)(H,28,30). The number of anilines is 2. The third-order valence-corrected chi connectivity index (χ3v) is 5.39. The molecule has 0 saturated heterocycles. The molecule has 7 heteroatoms. The Morgan fingerprint density at radius 2 is 1.97 bits per heavy atom. The van der Waals surface area contributed by atoms with Gasteiger partial charge in [-0.3, -0.25) is 0 Å². The van der Waals surface area contributed by atoms with Crippen LogP contribution in [0.5, 0.6) is 5.75 Å². The first-order valence-electron chi connectivity index (χ1n) is 10.2. The average molecular weight is 415 g/mol. The molecule has 0 atom stereocenters. The Balaban J connectivity index is 1.45. The summed E-state index contributed by atoms with van der Waals surface area (Å²) in [4.78, 5) is 18.9. The number of aromatic nitrogens is 1. The first kappa shape index (κ1) is 20.4. The molecule has 7 nitrogen and oxygen atoms in total. The SMILES string of the molecule is COc1ccc(CNc2ncc3c(c2C=N)CCN(C(=O)Nc2ccccc2)C3)cc1. The number of hydrogen-bond acceptors (Lipinski definition) is 5. The number of carbonyl (C=O) groups is 1. The Kier molecular flexibility index (Phi) is 6.12. The van der Waals surface area contributed by atoms with Gasteiger partial charge in [-0.1, -0.05) is 30.3 Å². The predicted molar refractivity (Wildman–Crippen MR) is 122 cm³/mol. The van der Waals surface area contributed by atoms with Crippen molar-refractivity contribution in [2.24, 2.45) is 0 Å². The van der Waals surface area contributed by atoms with E-state index in [0.29, 0.717) is 31.9 Å². The summed E-state index contributed by atoms with van der Waals surface area (Å²) in [6, 6.07) is 17.1. The van der Waals surface area contributed by atoms with E-state index in [0.717, 1.165) is 33.7 Å². The minimum absolute atomic E-state index is 0.130. The third-order valence-electron chi connectivity index (χ3n) is 5.39. The van der Waals surface area contributed by atoms with E-state index in [1.165, 1.54) is 6.21 Å². The van der Waals surface area contributed by atoms with Crippen molar-refractivity contribution in [3.05, 3.63) is 83.0 Å². The summed E-state index contributed by atoms with van der Waals surface area (Å²) >= 11 is 0. The lowest BCUT2D eigenvalue weighted by atomic mass is 9.97. The number of nitrogens with one attached hydrogen (secondary N) is 3. The minimum Gasteiger partial charge on any atom is -0.497 e. The molecule has 2 heterocycles. The van der Waals surface area contributed by atoms with Crippen LogP contribution in [-0.2, 0) is 19.5 Å². The number of para-hydroxylation sites is 1. The van der Waals surface area contributed by atoms with Crippen molar-refractivity contribution >= 4 is 23.8 Å². The first-order chi connectivity index (χ1) is 15.2. The van der Waals surface area contributed by atoms with E-state index in [1.54, 1.807) is 18.2 Å². The van der Waals surface area contributed by atoms with E-state index in [1.807, 2.05) is 54.6 Å². The summed E-state index contributed by atoms with van der Waals surface area (Å²) in [5, 5.41) is 14.2. The summed E-state index contributed by atoms with van der Waals surface area (Å²) in [6.07, 6.45) is 3.84. The number of pyridine rings is 1. The molecule has 4 rings (SSSR count). The average Bonchev–Trinajstić information content (AvgIpc) is 2.82. The fourth-order valence-corrected chi connectivity index (χ4v) is 3.69. The summed E-state index contributed by atoms with van der Waals surface area (Å²) in [7, 11) is 1.65. The largest absolute Gasteiger partial charge is 0.497 e. The summed E-state index contributed by atoms with van der Waals surface area (Å²) in [6.45, 7) is 1.66. The number of rotatable bonds is 6. The van der Waals surface area contributed by atoms with Gasteiger partial charge in [-0.25, -0.2) is 9.78 Å². The van der Waals surface area contributed by atoms with Crippen LogP contribution < -0.4 is 15.4 Å². The molecule has 0 spiro atoms. The Morgan fingerprint density at radius 1 is 1.19 bits per heavy atom. The van der Waals surface area contributed by atoms with Crippen molar-refractivity contribution in [1.29, 1.82) is 5.41 Å². The van der Waals surface area contributed by atoms with Gasteiger partial charge in [0.15, 0.2) is 0 Å². The van der Waals surface area contributed by atoms with Gasteiger partial charge in [-0.2, -0.15) is 0 Å². The fourth-order valence-electron chi connectivity index (χ4n) is 3.69. The van der Waals surface area contributed by atoms with E-state index in [9.17, 15) is 4.79 Å². The Bertz CT molecular complexity index is 1070. The highest BCUT2D eigenvalue weighted by Gasteiger charge is 2.24. The van der Waals surface area contributed by atoms with E-state index >= 15 is 0 Å². The Morgan fingerprint density at radius 3 is 2.68 bits per heavy atom. The normalized spacial score (nSPS) is 12.6. The highest BCUT2D eigenvalue weighted by molar-refractivity contribution is 5.90. The fraction of sp³-hybridized carbons (Fsp3) is 0.208. The highest BCUT2D eigenvalue weighted by atomic mass is 16.5. The van der Waals surface area contributed by atoms with Gasteiger partial charge in [-0.15, -0.1) is 0 Å². The van der Waals surface area contributed by atoms with Crippen LogP contribution in [0.15, 0.2) is 60.8 Å². The molecule has 0 saturated carbocycles. The van der Waals surface area contributed by atoms with Crippen molar-refractivity contribution in [2.75, 3.05) is 24.3 Å². The number of carbonyl (C=O) groups excluding carboxylic acids is 1. The number of urea groups is 1. The zero-order valence-corrected chi connectivity index (χ0v) is 17.4. The lowest BCUT2D eigenvalue weighted by Crippen LogP contribution is -2.39. The molecule has 0 radical (unpaired) electrons. The summed E-state index contributed by atoms with van der Waals surface area (Å²) in [5.74, 6) is 1.50. The number of methoxy groups -OCH3 is 1.